The molecule has 0 radical (unpaired) electrons. The number of carbonyl (C=O) groups excluding carboxylic acids is 1. The first kappa shape index (κ1) is 16.6. The summed E-state index contributed by atoms with van der Waals surface area (Å²) in [5.41, 5.74) is 1.13. The van der Waals surface area contributed by atoms with Crippen molar-refractivity contribution in [2.45, 2.75) is 6.92 Å². The normalized spacial score (nSPS) is 12.4. The number of amides is 1. The van der Waals surface area contributed by atoms with Gasteiger partial charge in [0.25, 0.3) is 11.6 Å². The molecular formula is C17H16N2O6. The third kappa shape index (κ3) is 3.97. The van der Waals surface area contributed by atoms with Crippen molar-refractivity contribution in [3.8, 4) is 17.2 Å². The second-order valence-electron chi connectivity index (χ2n) is 5.40. The highest BCUT2D eigenvalue weighted by atomic mass is 16.6. The third-order valence-corrected chi connectivity index (χ3v) is 3.55. The Kier molecular flexibility index (Phi) is 4.69. The highest BCUT2D eigenvalue weighted by molar-refractivity contribution is 5.92. The second-order valence-corrected chi connectivity index (χ2v) is 5.40. The lowest BCUT2D eigenvalue weighted by atomic mass is 10.2. The van der Waals surface area contributed by atoms with Gasteiger partial charge in [-0.05, 0) is 30.7 Å². The van der Waals surface area contributed by atoms with E-state index in [9.17, 15) is 14.9 Å². The predicted octanol–water partition coefficient (Wildman–Crippen LogP) is 2.69. The number of fused-ring (bicyclic) bond motifs is 1. The Morgan fingerprint density at radius 1 is 1.20 bits per heavy atom. The summed E-state index contributed by atoms with van der Waals surface area (Å²) in [4.78, 5) is 22.3. The van der Waals surface area contributed by atoms with Crippen LogP contribution in [0, 0.1) is 17.0 Å². The van der Waals surface area contributed by atoms with Gasteiger partial charge < -0.3 is 19.5 Å². The van der Waals surface area contributed by atoms with Crippen LogP contribution in [0.3, 0.4) is 0 Å². The number of carbonyl (C=O) groups is 1. The van der Waals surface area contributed by atoms with Crippen molar-refractivity contribution in [3.05, 3.63) is 52.1 Å². The van der Waals surface area contributed by atoms with Gasteiger partial charge in [0.05, 0.1) is 4.92 Å². The first-order chi connectivity index (χ1) is 12.0. The van der Waals surface area contributed by atoms with Crippen molar-refractivity contribution in [1.82, 2.24) is 0 Å². The quantitative estimate of drug-likeness (QED) is 0.661. The van der Waals surface area contributed by atoms with Gasteiger partial charge >= 0.3 is 0 Å². The van der Waals surface area contributed by atoms with Gasteiger partial charge in [0.1, 0.15) is 19.0 Å². The first-order valence-electron chi connectivity index (χ1n) is 7.60. The van der Waals surface area contributed by atoms with E-state index in [2.05, 4.69) is 5.32 Å². The van der Waals surface area contributed by atoms with Crippen molar-refractivity contribution in [1.29, 1.82) is 0 Å². The van der Waals surface area contributed by atoms with Gasteiger partial charge in [0, 0.05) is 23.9 Å². The fourth-order valence-electron chi connectivity index (χ4n) is 2.37. The minimum absolute atomic E-state index is 0.0226. The van der Waals surface area contributed by atoms with Crippen molar-refractivity contribution in [2.75, 3.05) is 25.1 Å². The summed E-state index contributed by atoms with van der Waals surface area (Å²) in [6, 6.07) is 9.33. The summed E-state index contributed by atoms with van der Waals surface area (Å²) in [7, 11) is 0. The molecule has 0 spiro atoms. The molecule has 8 nitrogen and oxygen atoms in total. The summed E-state index contributed by atoms with van der Waals surface area (Å²) in [5.74, 6) is 1.29. The molecule has 25 heavy (non-hydrogen) atoms. The fraction of sp³-hybridized carbons (Fsp3) is 0.235. The number of nitro groups is 1. The molecule has 1 amide bonds. The Balaban J connectivity index is 1.59. The van der Waals surface area contributed by atoms with E-state index >= 15 is 0 Å². The number of benzene rings is 2. The number of rotatable bonds is 5. The summed E-state index contributed by atoms with van der Waals surface area (Å²) >= 11 is 0. The molecule has 1 heterocycles. The van der Waals surface area contributed by atoms with Crippen LogP contribution in [0.5, 0.6) is 17.2 Å². The van der Waals surface area contributed by atoms with Crippen molar-refractivity contribution >= 4 is 17.3 Å². The number of non-ortho nitro benzene ring substituents is 1. The Bertz CT molecular complexity index is 821. The summed E-state index contributed by atoms with van der Waals surface area (Å²) in [6.45, 7) is 2.43. The van der Waals surface area contributed by atoms with Crippen LogP contribution in [0.2, 0.25) is 0 Å². The molecule has 0 aliphatic carbocycles. The Hall–Kier alpha value is -3.29. The smallest absolute Gasteiger partial charge is 0.269 e. The Morgan fingerprint density at radius 3 is 2.68 bits per heavy atom. The highest BCUT2D eigenvalue weighted by Crippen LogP contribution is 2.32. The van der Waals surface area contributed by atoms with Gasteiger partial charge in [-0.15, -0.1) is 0 Å². The maximum Gasteiger partial charge on any atom is 0.269 e. The van der Waals surface area contributed by atoms with Crippen LogP contribution in [-0.2, 0) is 4.79 Å². The molecule has 3 rings (SSSR count). The van der Waals surface area contributed by atoms with Crippen LogP contribution < -0.4 is 19.5 Å². The number of aryl methyl sites for hydroxylation is 1. The lowest BCUT2D eigenvalue weighted by Crippen LogP contribution is -2.21. The SMILES string of the molecule is Cc1cc([N+](=O)[O-])ccc1OCC(=O)Nc1ccc2c(c1)OCCO2. The van der Waals surface area contributed by atoms with Gasteiger partial charge in [0.15, 0.2) is 18.1 Å². The van der Waals surface area contributed by atoms with E-state index in [1.165, 1.54) is 18.2 Å². The predicted molar refractivity (Wildman–Crippen MR) is 89.4 cm³/mol. The molecule has 0 atom stereocenters. The molecule has 2 aromatic rings. The Labute approximate surface area is 143 Å². The van der Waals surface area contributed by atoms with Crippen molar-refractivity contribution in [2.24, 2.45) is 0 Å². The number of nitrogens with one attached hydrogen (secondary N) is 1. The van der Waals surface area contributed by atoms with Crippen LogP contribution in [0.25, 0.3) is 0 Å². The first-order valence-corrected chi connectivity index (χ1v) is 7.60. The van der Waals surface area contributed by atoms with Gasteiger partial charge in [-0.2, -0.15) is 0 Å². The number of nitro benzene ring substituents is 1. The highest BCUT2D eigenvalue weighted by Gasteiger charge is 2.14. The third-order valence-electron chi connectivity index (χ3n) is 3.55. The molecule has 1 aliphatic rings. The minimum atomic E-state index is -0.481. The zero-order chi connectivity index (χ0) is 17.8. The van der Waals surface area contributed by atoms with Crippen LogP contribution in [0.15, 0.2) is 36.4 Å². The molecule has 2 aromatic carbocycles. The topological polar surface area (TPSA) is 99.9 Å². The monoisotopic (exact) mass is 344 g/mol. The summed E-state index contributed by atoms with van der Waals surface area (Å²) in [5, 5.41) is 13.4. The van der Waals surface area contributed by atoms with Crippen molar-refractivity contribution < 1.29 is 23.9 Å². The van der Waals surface area contributed by atoms with Crippen LogP contribution in [-0.4, -0.2) is 30.7 Å². The van der Waals surface area contributed by atoms with E-state index in [1.807, 2.05) is 0 Å². The largest absolute Gasteiger partial charge is 0.486 e. The minimum Gasteiger partial charge on any atom is -0.486 e. The lowest BCUT2D eigenvalue weighted by Gasteiger charge is -2.19. The average molecular weight is 344 g/mol. The Morgan fingerprint density at radius 2 is 1.96 bits per heavy atom. The van der Waals surface area contributed by atoms with Gasteiger partial charge in [-0.25, -0.2) is 0 Å². The number of anilines is 1. The molecule has 1 N–H and O–H groups in total. The van der Waals surface area contributed by atoms with Crippen LogP contribution in [0.1, 0.15) is 5.56 Å². The zero-order valence-corrected chi connectivity index (χ0v) is 13.5. The van der Waals surface area contributed by atoms with E-state index in [-0.39, 0.29) is 18.2 Å². The standard InChI is InChI=1S/C17H16N2O6/c1-11-8-13(19(21)22)3-5-14(11)25-10-17(20)18-12-2-4-15-16(9-12)24-7-6-23-15/h2-5,8-9H,6-7,10H2,1H3,(H,18,20). The van der Waals surface area contributed by atoms with E-state index in [0.29, 0.717) is 41.7 Å². The van der Waals surface area contributed by atoms with Gasteiger partial charge in [0.2, 0.25) is 0 Å². The van der Waals surface area contributed by atoms with Crippen molar-refractivity contribution in [3.63, 3.8) is 0 Å². The number of ether oxygens (including phenoxy) is 3. The molecule has 0 saturated heterocycles. The molecule has 0 bridgehead atoms. The zero-order valence-electron chi connectivity index (χ0n) is 13.5. The van der Waals surface area contributed by atoms with Gasteiger partial charge in [-0.1, -0.05) is 0 Å². The summed E-state index contributed by atoms with van der Waals surface area (Å²) < 4.78 is 16.3. The number of hydrogen-bond acceptors (Lipinski definition) is 6. The maximum atomic E-state index is 12.0. The molecular weight excluding hydrogens is 328 g/mol. The molecule has 130 valence electrons. The molecule has 1 aliphatic heterocycles. The second kappa shape index (κ2) is 7.08. The molecule has 0 unspecified atom stereocenters. The molecule has 0 saturated carbocycles. The van der Waals surface area contributed by atoms with Crippen LogP contribution in [0.4, 0.5) is 11.4 Å². The number of nitrogens with zero attached hydrogens (tertiary/aromatic N) is 1. The van der Waals surface area contributed by atoms with E-state index in [0.717, 1.165) is 0 Å². The van der Waals surface area contributed by atoms with E-state index in [4.69, 9.17) is 14.2 Å². The molecule has 0 fully saturated rings. The van der Waals surface area contributed by atoms with E-state index in [1.54, 1.807) is 25.1 Å². The molecule has 8 heteroatoms. The average Bonchev–Trinajstić information content (AvgIpc) is 2.60. The molecule has 0 aromatic heterocycles. The fourth-order valence-corrected chi connectivity index (χ4v) is 2.37. The maximum absolute atomic E-state index is 12.0. The summed E-state index contributed by atoms with van der Waals surface area (Å²) in [6.07, 6.45) is 0. The van der Waals surface area contributed by atoms with Crippen LogP contribution >= 0.6 is 0 Å². The lowest BCUT2D eigenvalue weighted by molar-refractivity contribution is -0.384. The number of hydrogen-bond donors (Lipinski definition) is 1. The van der Waals surface area contributed by atoms with Gasteiger partial charge in [-0.3, -0.25) is 14.9 Å². The van der Waals surface area contributed by atoms with E-state index < -0.39 is 4.92 Å².